The molecule has 0 aromatic carbocycles. The van der Waals surface area contributed by atoms with Crippen molar-refractivity contribution in [3.8, 4) is 0 Å². The van der Waals surface area contributed by atoms with Crippen LogP contribution in [-0.2, 0) is 6.54 Å². The molecule has 1 aromatic heterocycles. The molecule has 94 valence electrons. The molecule has 17 heavy (non-hydrogen) atoms. The topological polar surface area (TPSA) is 58.4 Å². The van der Waals surface area contributed by atoms with E-state index in [1.807, 2.05) is 6.92 Å². The van der Waals surface area contributed by atoms with E-state index in [1.165, 1.54) is 0 Å². The van der Waals surface area contributed by atoms with Gasteiger partial charge >= 0.3 is 0 Å². The summed E-state index contributed by atoms with van der Waals surface area (Å²) in [4.78, 5) is 17.9. The number of nitrogens with zero attached hydrogens (tertiary/aromatic N) is 3. The first kappa shape index (κ1) is 13.4. The van der Waals surface area contributed by atoms with Gasteiger partial charge in [-0.2, -0.15) is 0 Å². The van der Waals surface area contributed by atoms with E-state index in [2.05, 4.69) is 11.6 Å². The lowest BCUT2D eigenvalue weighted by molar-refractivity contribution is 0.302. The van der Waals surface area contributed by atoms with Crippen LogP contribution in [0, 0.1) is 0 Å². The highest BCUT2D eigenvalue weighted by Gasteiger charge is 2.11. The molecule has 0 bridgehead atoms. The fraction of sp³-hybridized carbons (Fsp3) is 0.500. The van der Waals surface area contributed by atoms with Crippen LogP contribution in [0.2, 0.25) is 0 Å². The van der Waals surface area contributed by atoms with Gasteiger partial charge in [-0.3, -0.25) is 4.79 Å². The van der Waals surface area contributed by atoms with Crippen LogP contribution < -0.4 is 10.5 Å². The van der Waals surface area contributed by atoms with Gasteiger partial charge in [0.2, 0.25) is 0 Å². The van der Waals surface area contributed by atoms with Gasteiger partial charge in [0.25, 0.3) is 5.56 Å². The third-order valence-corrected chi connectivity index (χ3v) is 2.38. The Morgan fingerprint density at radius 1 is 1.65 bits per heavy atom. The first-order valence-corrected chi connectivity index (χ1v) is 5.76. The molecule has 1 aromatic rings. The van der Waals surface area contributed by atoms with Crippen molar-refractivity contribution in [2.45, 2.75) is 19.9 Å². The van der Waals surface area contributed by atoms with Gasteiger partial charge in [0.05, 0.1) is 6.61 Å². The van der Waals surface area contributed by atoms with Crippen LogP contribution in [0.15, 0.2) is 29.8 Å². The number of aryl methyl sites for hydroxylation is 1. The normalized spacial score (nSPS) is 10.2. The van der Waals surface area contributed by atoms with Gasteiger partial charge in [0, 0.05) is 32.0 Å². The molecule has 0 aliphatic heterocycles. The van der Waals surface area contributed by atoms with Gasteiger partial charge in [-0.05, 0) is 6.42 Å². The molecule has 0 saturated heterocycles. The summed E-state index contributed by atoms with van der Waals surface area (Å²) in [7, 11) is 0. The summed E-state index contributed by atoms with van der Waals surface area (Å²) >= 11 is 0. The lowest BCUT2D eigenvalue weighted by atomic mass is 10.4. The molecule has 0 fully saturated rings. The first-order chi connectivity index (χ1) is 8.24. The van der Waals surface area contributed by atoms with Gasteiger partial charge in [-0.25, -0.2) is 4.98 Å². The Morgan fingerprint density at radius 3 is 3.00 bits per heavy atom. The Hall–Kier alpha value is -1.62. The number of aliphatic hydroxyl groups excluding tert-OH is 1. The Balaban J connectivity index is 3.05. The molecule has 5 nitrogen and oxygen atoms in total. The summed E-state index contributed by atoms with van der Waals surface area (Å²) in [5, 5.41) is 8.98. The van der Waals surface area contributed by atoms with Gasteiger partial charge in [0.1, 0.15) is 0 Å². The molecule has 1 N–H and O–H groups in total. The summed E-state index contributed by atoms with van der Waals surface area (Å²) in [5.74, 6) is 0.370. The maximum atomic E-state index is 12.1. The summed E-state index contributed by atoms with van der Waals surface area (Å²) in [6.07, 6.45) is 5.87. The second-order valence-corrected chi connectivity index (χ2v) is 3.71. The first-order valence-electron chi connectivity index (χ1n) is 5.76. The quantitative estimate of drug-likeness (QED) is 0.707. The highest BCUT2D eigenvalue weighted by molar-refractivity contribution is 5.36. The predicted molar refractivity (Wildman–Crippen MR) is 68.3 cm³/mol. The molecule has 5 heteroatoms. The van der Waals surface area contributed by atoms with Gasteiger partial charge in [-0.15, -0.1) is 6.58 Å². The Labute approximate surface area is 101 Å². The molecule has 0 amide bonds. The van der Waals surface area contributed by atoms with E-state index in [0.29, 0.717) is 25.5 Å². The van der Waals surface area contributed by atoms with Gasteiger partial charge in [0.15, 0.2) is 5.82 Å². The minimum Gasteiger partial charge on any atom is -0.395 e. The zero-order valence-corrected chi connectivity index (χ0v) is 10.2. The van der Waals surface area contributed by atoms with E-state index in [1.54, 1.807) is 27.9 Å². The molecular weight excluding hydrogens is 218 g/mol. The highest BCUT2D eigenvalue weighted by Crippen LogP contribution is 2.03. The summed E-state index contributed by atoms with van der Waals surface area (Å²) < 4.78 is 1.63. The third kappa shape index (κ3) is 3.42. The van der Waals surface area contributed by atoms with Crippen LogP contribution in [-0.4, -0.2) is 34.4 Å². The Kier molecular flexibility index (Phi) is 5.42. The van der Waals surface area contributed by atoms with Crippen LogP contribution in [0.3, 0.4) is 0 Å². The molecule has 0 unspecified atom stereocenters. The molecule has 0 radical (unpaired) electrons. The van der Waals surface area contributed by atoms with Crippen LogP contribution in [0.1, 0.15) is 13.3 Å². The molecule has 1 heterocycles. The van der Waals surface area contributed by atoms with Crippen molar-refractivity contribution in [3.05, 3.63) is 35.4 Å². The second kappa shape index (κ2) is 6.85. The van der Waals surface area contributed by atoms with Gasteiger partial charge in [-0.1, -0.05) is 13.0 Å². The van der Waals surface area contributed by atoms with Crippen LogP contribution in [0.25, 0.3) is 0 Å². The third-order valence-electron chi connectivity index (χ3n) is 2.38. The summed E-state index contributed by atoms with van der Waals surface area (Å²) in [6, 6.07) is 0. The minimum absolute atomic E-state index is 0.0162. The van der Waals surface area contributed by atoms with Crippen molar-refractivity contribution < 1.29 is 5.11 Å². The molecule has 1 rings (SSSR count). The largest absolute Gasteiger partial charge is 0.395 e. The van der Waals surface area contributed by atoms with Crippen molar-refractivity contribution in [3.63, 3.8) is 0 Å². The molecule has 0 saturated carbocycles. The zero-order chi connectivity index (χ0) is 12.7. The van der Waals surface area contributed by atoms with Crippen molar-refractivity contribution in [1.29, 1.82) is 0 Å². The van der Waals surface area contributed by atoms with E-state index >= 15 is 0 Å². The Morgan fingerprint density at radius 2 is 2.41 bits per heavy atom. The van der Waals surface area contributed by atoms with E-state index in [4.69, 9.17) is 5.11 Å². The number of aromatic nitrogens is 2. The number of anilines is 1. The fourth-order valence-electron chi connectivity index (χ4n) is 1.63. The zero-order valence-electron chi connectivity index (χ0n) is 10.2. The second-order valence-electron chi connectivity index (χ2n) is 3.71. The standard InChI is InChI=1S/C12H19N3O2/c1-3-6-14(9-10-16)11-12(17)15(7-4-2)8-5-13-11/h3,5,8,16H,1,4,6-7,9-10H2,2H3. The van der Waals surface area contributed by atoms with Crippen LogP contribution in [0.5, 0.6) is 0 Å². The van der Waals surface area contributed by atoms with Crippen molar-refractivity contribution in [2.75, 3.05) is 24.6 Å². The van der Waals surface area contributed by atoms with E-state index in [-0.39, 0.29) is 12.2 Å². The average Bonchev–Trinajstić information content (AvgIpc) is 2.32. The molecule has 0 atom stereocenters. The van der Waals surface area contributed by atoms with Gasteiger partial charge < -0.3 is 14.6 Å². The lowest BCUT2D eigenvalue weighted by Gasteiger charge is -2.20. The molecule has 0 spiro atoms. The number of hydrogen-bond acceptors (Lipinski definition) is 4. The van der Waals surface area contributed by atoms with Crippen molar-refractivity contribution in [1.82, 2.24) is 9.55 Å². The smallest absolute Gasteiger partial charge is 0.293 e. The minimum atomic E-state index is -0.121. The predicted octanol–water partition coefficient (Wildman–Crippen LogP) is 0.638. The maximum absolute atomic E-state index is 12.1. The monoisotopic (exact) mass is 237 g/mol. The molecular formula is C12H19N3O2. The SMILES string of the molecule is C=CCN(CCO)c1nccn(CCC)c1=O. The maximum Gasteiger partial charge on any atom is 0.293 e. The molecule has 0 aliphatic carbocycles. The van der Waals surface area contributed by atoms with E-state index in [9.17, 15) is 4.79 Å². The number of aliphatic hydroxyl groups is 1. The molecule has 0 aliphatic rings. The Bertz CT molecular complexity index is 414. The number of rotatable bonds is 7. The van der Waals surface area contributed by atoms with Crippen LogP contribution >= 0.6 is 0 Å². The fourth-order valence-corrected chi connectivity index (χ4v) is 1.63. The number of hydrogen-bond donors (Lipinski definition) is 1. The average molecular weight is 237 g/mol. The van der Waals surface area contributed by atoms with Crippen LogP contribution in [0.4, 0.5) is 5.82 Å². The highest BCUT2D eigenvalue weighted by atomic mass is 16.3. The van der Waals surface area contributed by atoms with Crippen molar-refractivity contribution in [2.24, 2.45) is 0 Å². The van der Waals surface area contributed by atoms with E-state index < -0.39 is 0 Å². The van der Waals surface area contributed by atoms with E-state index in [0.717, 1.165) is 6.42 Å². The summed E-state index contributed by atoms with van der Waals surface area (Å²) in [5.41, 5.74) is -0.121. The lowest BCUT2D eigenvalue weighted by Crippen LogP contribution is -2.35. The summed E-state index contributed by atoms with van der Waals surface area (Å²) in [6.45, 7) is 7.19. The van der Waals surface area contributed by atoms with Crippen molar-refractivity contribution >= 4 is 5.82 Å².